The highest BCUT2D eigenvalue weighted by Gasteiger charge is 2.37. The summed E-state index contributed by atoms with van der Waals surface area (Å²) >= 11 is 0. The molecule has 2 N–H and O–H groups in total. The predicted molar refractivity (Wildman–Crippen MR) is 71.9 cm³/mol. The van der Waals surface area contributed by atoms with Crippen molar-refractivity contribution in [3.05, 3.63) is 0 Å². The molecule has 1 aliphatic carbocycles. The largest absolute Gasteiger partial charge is 0.390 e. The van der Waals surface area contributed by atoms with E-state index in [0.29, 0.717) is 5.92 Å². The van der Waals surface area contributed by atoms with Crippen LogP contribution in [0.2, 0.25) is 0 Å². The number of rotatable bonds is 3. The minimum atomic E-state index is -4.09. The molecule has 3 unspecified atom stereocenters. The van der Waals surface area contributed by atoms with Crippen LogP contribution in [0.4, 0.5) is 13.2 Å². The lowest BCUT2D eigenvalue weighted by Crippen LogP contribution is -2.51. The highest BCUT2D eigenvalue weighted by molar-refractivity contribution is 4.92. The van der Waals surface area contributed by atoms with Gasteiger partial charge in [-0.3, -0.25) is 0 Å². The van der Waals surface area contributed by atoms with Gasteiger partial charge in [0.25, 0.3) is 0 Å². The van der Waals surface area contributed by atoms with Gasteiger partial charge in [-0.1, -0.05) is 20.8 Å². The molecule has 0 aromatic heterocycles. The Hall–Kier alpha value is -0.290. The Morgan fingerprint density at radius 3 is 2.21 bits per heavy atom. The first-order valence-corrected chi connectivity index (χ1v) is 7.03. The maximum Gasteiger partial charge on any atom is 0.390 e. The summed E-state index contributed by atoms with van der Waals surface area (Å²) in [5.41, 5.74) is 6.30. The Morgan fingerprint density at radius 1 is 1.16 bits per heavy atom. The second-order valence-electron chi connectivity index (χ2n) is 6.95. The monoisotopic (exact) mass is 280 g/mol. The van der Waals surface area contributed by atoms with E-state index in [0.717, 1.165) is 19.3 Å². The Kier molecular flexibility index (Phi) is 5.29. The molecule has 2 nitrogen and oxygen atoms in total. The third kappa shape index (κ3) is 5.30. The molecule has 0 saturated heterocycles. The van der Waals surface area contributed by atoms with E-state index in [1.807, 2.05) is 0 Å². The van der Waals surface area contributed by atoms with Crippen LogP contribution in [0.15, 0.2) is 0 Å². The van der Waals surface area contributed by atoms with Crippen LogP contribution < -0.4 is 5.73 Å². The number of nitrogens with two attached hydrogens (primary N) is 1. The average molecular weight is 280 g/mol. The third-order valence-corrected chi connectivity index (χ3v) is 4.41. The van der Waals surface area contributed by atoms with Gasteiger partial charge >= 0.3 is 6.18 Å². The fourth-order valence-corrected chi connectivity index (χ4v) is 2.93. The van der Waals surface area contributed by atoms with E-state index in [1.54, 1.807) is 11.9 Å². The molecule has 0 aromatic rings. The van der Waals surface area contributed by atoms with Crippen molar-refractivity contribution in [3.63, 3.8) is 0 Å². The highest BCUT2D eigenvalue weighted by atomic mass is 19.4. The molecular formula is C14H27F3N2. The van der Waals surface area contributed by atoms with Crippen molar-refractivity contribution >= 4 is 0 Å². The molecule has 114 valence electrons. The van der Waals surface area contributed by atoms with Gasteiger partial charge in [-0.25, -0.2) is 0 Å². The van der Waals surface area contributed by atoms with Gasteiger partial charge in [-0.15, -0.1) is 0 Å². The van der Waals surface area contributed by atoms with Crippen LogP contribution in [0.3, 0.4) is 0 Å². The fourth-order valence-electron chi connectivity index (χ4n) is 2.93. The van der Waals surface area contributed by atoms with Crippen LogP contribution in [0.1, 0.15) is 46.5 Å². The topological polar surface area (TPSA) is 29.3 Å². The molecule has 3 atom stereocenters. The van der Waals surface area contributed by atoms with Crippen LogP contribution in [0, 0.1) is 11.3 Å². The molecular weight excluding hydrogens is 253 g/mol. The van der Waals surface area contributed by atoms with Crippen LogP contribution in [0.25, 0.3) is 0 Å². The van der Waals surface area contributed by atoms with Crippen molar-refractivity contribution in [1.82, 2.24) is 4.90 Å². The van der Waals surface area contributed by atoms with E-state index < -0.39 is 12.6 Å². The normalized spacial score (nSPS) is 29.8. The van der Waals surface area contributed by atoms with Crippen LogP contribution in [-0.4, -0.2) is 36.8 Å². The van der Waals surface area contributed by atoms with E-state index in [-0.39, 0.29) is 24.0 Å². The first kappa shape index (κ1) is 16.8. The van der Waals surface area contributed by atoms with E-state index in [4.69, 9.17) is 5.73 Å². The number of alkyl halides is 3. The summed E-state index contributed by atoms with van der Waals surface area (Å²) in [4.78, 5) is 1.80. The molecule has 0 heterocycles. The van der Waals surface area contributed by atoms with Gasteiger partial charge in [0.15, 0.2) is 0 Å². The lowest BCUT2D eigenvalue weighted by molar-refractivity contribution is -0.139. The minimum absolute atomic E-state index is 0.00293. The number of likely N-dealkylation sites (N-methyl/N-ethyl adjacent to an activating group) is 1. The van der Waals surface area contributed by atoms with Gasteiger partial charge in [-0.05, 0) is 37.6 Å². The SMILES string of the molecule is CN(CCC(F)(F)F)C1CC(C(C)(C)C)CCC1N. The van der Waals surface area contributed by atoms with E-state index >= 15 is 0 Å². The van der Waals surface area contributed by atoms with Crippen LogP contribution in [-0.2, 0) is 0 Å². The number of halogens is 3. The summed E-state index contributed by atoms with van der Waals surface area (Å²) < 4.78 is 36.9. The summed E-state index contributed by atoms with van der Waals surface area (Å²) in [6.07, 6.45) is -1.96. The standard InChI is InChI=1S/C14H27F3N2/c1-13(2,3)10-5-6-11(18)12(9-10)19(4)8-7-14(15,16)17/h10-12H,5-9,18H2,1-4H3. The summed E-state index contributed by atoms with van der Waals surface area (Å²) in [5.74, 6) is 0.533. The summed E-state index contributed by atoms with van der Waals surface area (Å²) in [5, 5.41) is 0. The molecule has 19 heavy (non-hydrogen) atoms. The Labute approximate surface area is 114 Å². The highest BCUT2D eigenvalue weighted by Crippen LogP contribution is 2.38. The van der Waals surface area contributed by atoms with Crippen molar-refractivity contribution in [2.45, 2.75) is 64.7 Å². The summed E-state index contributed by atoms with van der Waals surface area (Å²) in [6, 6.07) is 0.0668. The van der Waals surface area contributed by atoms with Crippen molar-refractivity contribution in [2.75, 3.05) is 13.6 Å². The van der Waals surface area contributed by atoms with E-state index in [9.17, 15) is 13.2 Å². The van der Waals surface area contributed by atoms with Crippen LogP contribution >= 0.6 is 0 Å². The van der Waals surface area contributed by atoms with Crippen molar-refractivity contribution in [2.24, 2.45) is 17.1 Å². The minimum Gasteiger partial charge on any atom is -0.326 e. The molecule has 0 aliphatic heterocycles. The van der Waals surface area contributed by atoms with Crippen LogP contribution in [0.5, 0.6) is 0 Å². The van der Waals surface area contributed by atoms with Gasteiger partial charge in [0.05, 0.1) is 6.42 Å². The second kappa shape index (κ2) is 6.00. The van der Waals surface area contributed by atoms with Crippen molar-refractivity contribution in [3.8, 4) is 0 Å². The van der Waals surface area contributed by atoms with Gasteiger partial charge < -0.3 is 10.6 Å². The van der Waals surface area contributed by atoms with Gasteiger partial charge in [0.1, 0.15) is 0 Å². The zero-order chi connectivity index (χ0) is 14.8. The maximum atomic E-state index is 12.3. The smallest absolute Gasteiger partial charge is 0.326 e. The summed E-state index contributed by atoms with van der Waals surface area (Å²) in [7, 11) is 1.77. The quantitative estimate of drug-likeness (QED) is 0.858. The molecule has 1 rings (SSSR count). The zero-order valence-corrected chi connectivity index (χ0v) is 12.4. The number of hydrogen-bond donors (Lipinski definition) is 1. The molecule has 1 aliphatic rings. The van der Waals surface area contributed by atoms with Gasteiger partial charge in [-0.2, -0.15) is 13.2 Å². The lowest BCUT2D eigenvalue weighted by atomic mass is 9.69. The van der Waals surface area contributed by atoms with Crippen molar-refractivity contribution in [1.29, 1.82) is 0 Å². The average Bonchev–Trinajstić information content (AvgIpc) is 2.24. The zero-order valence-electron chi connectivity index (χ0n) is 12.4. The van der Waals surface area contributed by atoms with E-state index in [1.165, 1.54) is 0 Å². The first-order chi connectivity index (χ1) is 8.50. The lowest BCUT2D eigenvalue weighted by Gasteiger charge is -2.44. The number of hydrogen-bond acceptors (Lipinski definition) is 2. The predicted octanol–water partition coefficient (Wildman–Crippen LogP) is 3.41. The van der Waals surface area contributed by atoms with E-state index in [2.05, 4.69) is 20.8 Å². The molecule has 1 saturated carbocycles. The van der Waals surface area contributed by atoms with Gasteiger partial charge in [0.2, 0.25) is 0 Å². The fraction of sp³-hybridized carbons (Fsp3) is 1.00. The first-order valence-electron chi connectivity index (χ1n) is 7.03. The Morgan fingerprint density at radius 2 is 1.74 bits per heavy atom. The molecule has 5 heteroatoms. The molecule has 0 radical (unpaired) electrons. The van der Waals surface area contributed by atoms with Crippen molar-refractivity contribution < 1.29 is 13.2 Å². The van der Waals surface area contributed by atoms with Gasteiger partial charge in [0, 0.05) is 18.6 Å². The Bertz CT molecular complexity index is 283. The molecule has 0 bridgehead atoms. The molecule has 1 fully saturated rings. The third-order valence-electron chi connectivity index (χ3n) is 4.41. The maximum absolute atomic E-state index is 12.3. The summed E-state index contributed by atoms with van der Waals surface area (Å²) in [6.45, 7) is 6.63. The second-order valence-corrected chi connectivity index (χ2v) is 6.95. The molecule has 0 spiro atoms. The molecule has 0 aromatic carbocycles. The Balaban J connectivity index is 2.58. The molecule has 0 amide bonds. The number of nitrogens with zero attached hydrogens (tertiary/aromatic N) is 1.